The lowest BCUT2D eigenvalue weighted by atomic mass is 10.0. The minimum atomic E-state index is -0.0890. The molecule has 2 rings (SSSR count). The van der Waals surface area contributed by atoms with E-state index in [0.29, 0.717) is 24.4 Å². The number of rotatable bonds is 1. The summed E-state index contributed by atoms with van der Waals surface area (Å²) in [5.74, 6) is -0.0890. The highest BCUT2D eigenvalue weighted by Gasteiger charge is 2.21. The molecule has 0 aliphatic carbocycles. The molecule has 0 atom stereocenters. The van der Waals surface area contributed by atoms with E-state index in [-0.39, 0.29) is 5.91 Å². The molecular weight excluding hydrogens is 216 g/mol. The van der Waals surface area contributed by atoms with Crippen LogP contribution in [0.1, 0.15) is 34.3 Å². The number of hydrogen-bond acceptors (Lipinski definition) is 3. The van der Waals surface area contributed by atoms with Crippen molar-refractivity contribution in [2.75, 3.05) is 18.9 Å². The topological polar surface area (TPSA) is 55.6 Å². The molecule has 0 spiro atoms. The maximum absolute atomic E-state index is 12.2. The third-order valence-corrected chi connectivity index (χ3v) is 3.07. The minimum Gasteiger partial charge on any atom is -0.398 e. The van der Waals surface area contributed by atoms with Crippen molar-refractivity contribution in [3.8, 4) is 0 Å². The Bertz CT molecular complexity index is 437. The molecule has 4 heteroatoms. The van der Waals surface area contributed by atoms with Crippen molar-refractivity contribution in [2.45, 2.75) is 26.7 Å². The van der Waals surface area contributed by atoms with E-state index in [0.717, 1.165) is 24.0 Å². The second kappa shape index (κ2) is 4.75. The van der Waals surface area contributed by atoms with E-state index in [9.17, 15) is 4.79 Å². The molecule has 17 heavy (non-hydrogen) atoms. The van der Waals surface area contributed by atoms with Crippen molar-refractivity contribution >= 4 is 11.6 Å². The number of anilines is 1. The first-order chi connectivity index (χ1) is 8.09. The first-order valence-electron chi connectivity index (χ1n) is 5.91. The van der Waals surface area contributed by atoms with Gasteiger partial charge < -0.3 is 5.73 Å². The number of nitrogens with zero attached hydrogens (tertiary/aromatic N) is 1. The third kappa shape index (κ3) is 2.42. The molecule has 0 unspecified atom stereocenters. The zero-order valence-corrected chi connectivity index (χ0v) is 10.3. The maximum Gasteiger partial charge on any atom is 0.277 e. The van der Waals surface area contributed by atoms with Crippen molar-refractivity contribution in [3.63, 3.8) is 0 Å². The molecule has 1 saturated heterocycles. The molecular formula is C13H18N2O2. The average molecular weight is 234 g/mol. The summed E-state index contributed by atoms with van der Waals surface area (Å²) in [5.41, 5.74) is 9.07. The van der Waals surface area contributed by atoms with E-state index >= 15 is 0 Å². The van der Waals surface area contributed by atoms with Gasteiger partial charge in [-0.2, -0.15) is 0 Å². The van der Waals surface area contributed by atoms with Crippen LogP contribution >= 0.6 is 0 Å². The second-order valence-electron chi connectivity index (χ2n) is 4.47. The number of benzene rings is 1. The van der Waals surface area contributed by atoms with E-state index in [1.54, 1.807) is 6.07 Å². The largest absolute Gasteiger partial charge is 0.398 e. The van der Waals surface area contributed by atoms with Crippen LogP contribution in [-0.2, 0) is 4.84 Å². The van der Waals surface area contributed by atoms with E-state index in [1.807, 2.05) is 19.9 Å². The van der Waals surface area contributed by atoms with Crippen LogP contribution in [0.5, 0.6) is 0 Å². The normalized spacial score (nSPS) is 16.0. The molecule has 0 radical (unpaired) electrons. The second-order valence-corrected chi connectivity index (χ2v) is 4.47. The molecule has 0 bridgehead atoms. The highest BCUT2D eigenvalue weighted by Crippen LogP contribution is 2.20. The highest BCUT2D eigenvalue weighted by atomic mass is 16.7. The highest BCUT2D eigenvalue weighted by molar-refractivity contribution is 5.96. The average Bonchev–Trinajstić information content (AvgIpc) is 2.34. The van der Waals surface area contributed by atoms with E-state index in [2.05, 4.69) is 0 Å². The van der Waals surface area contributed by atoms with E-state index in [4.69, 9.17) is 10.6 Å². The fourth-order valence-corrected chi connectivity index (χ4v) is 1.99. The first kappa shape index (κ1) is 11.9. The Morgan fingerprint density at radius 1 is 1.29 bits per heavy atom. The summed E-state index contributed by atoms with van der Waals surface area (Å²) < 4.78 is 0. The first-order valence-corrected chi connectivity index (χ1v) is 5.91. The van der Waals surface area contributed by atoms with Gasteiger partial charge in [-0.05, 0) is 43.9 Å². The van der Waals surface area contributed by atoms with Gasteiger partial charge >= 0.3 is 0 Å². The van der Waals surface area contributed by atoms with Crippen LogP contribution in [-0.4, -0.2) is 24.1 Å². The number of aryl methyl sites for hydroxylation is 2. The van der Waals surface area contributed by atoms with Gasteiger partial charge in [-0.25, -0.2) is 5.06 Å². The molecule has 1 fully saturated rings. The molecule has 1 heterocycles. The zero-order valence-electron chi connectivity index (χ0n) is 10.3. The van der Waals surface area contributed by atoms with Gasteiger partial charge in [-0.3, -0.25) is 9.63 Å². The molecule has 1 aliphatic heterocycles. The summed E-state index contributed by atoms with van der Waals surface area (Å²) in [6, 6.07) is 3.68. The van der Waals surface area contributed by atoms with Gasteiger partial charge in [0.15, 0.2) is 0 Å². The van der Waals surface area contributed by atoms with Crippen molar-refractivity contribution in [2.24, 2.45) is 0 Å². The Kier molecular flexibility index (Phi) is 3.33. The predicted molar refractivity (Wildman–Crippen MR) is 66.6 cm³/mol. The Morgan fingerprint density at radius 3 is 2.71 bits per heavy atom. The predicted octanol–water partition coefficient (Wildman–Crippen LogP) is 2.05. The third-order valence-electron chi connectivity index (χ3n) is 3.07. The molecule has 1 amide bonds. The van der Waals surface area contributed by atoms with Crippen LogP contribution in [0.15, 0.2) is 12.1 Å². The van der Waals surface area contributed by atoms with Crippen LogP contribution in [0.2, 0.25) is 0 Å². The van der Waals surface area contributed by atoms with Gasteiger partial charge in [0.25, 0.3) is 5.91 Å². The fraction of sp³-hybridized carbons (Fsp3) is 0.462. The summed E-state index contributed by atoms with van der Waals surface area (Å²) >= 11 is 0. The number of hydroxylamine groups is 2. The summed E-state index contributed by atoms with van der Waals surface area (Å²) in [4.78, 5) is 17.6. The van der Waals surface area contributed by atoms with E-state index in [1.165, 1.54) is 5.06 Å². The quantitative estimate of drug-likeness (QED) is 0.757. The Labute approximate surface area is 101 Å². The van der Waals surface area contributed by atoms with Gasteiger partial charge in [-0.15, -0.1) is 0 Å². The van der Waals surface area contributed by atoms with Crippen molar-refractivity contribution < 1.29 is 9.63 Å². The van der Waals surface area contributed by atoms with Gasteiger partial charge in [0.05, 0.1) is 6.61 Å². The molecule has 4 nitrogen and oxygen atoms in total. The molecule has 0 saturated carbocycles. The van der Waals surface area contributed by atoms with Crippen molar-refractivity contribution in [3.05, 3.63) is 28.8 Å². The monoisotopic (exact) mass is 234 g/mol. The molecule has 1 aromatic carbocycles. The fourth-order valence-electron chi connectivity index (χ4n) is 1.99. The summed E-state index contributed by atoms with van der Waals surface area (Å²) in [6.07, 6.45) is 2.00. The summed E-state index contributed by atoms with van der Waals surface area (Å²) in [7, 11) is 0. The Morgan fingerprint density at radius 2 is 2.06 bits per heavy atom. The van der Waals surface area contributed by atoms with Gasteiger partial charge in [0.1, 0.15) is 0 Å². The number of carbonyl (C=O) groups is 1. The van der Waals surface area contributed by atoms with Crippen molar-refractivity contribution in [1.82, 2.24) is 5.06 Å². The van der Waals surface area contributed by atoms with Crippen molar-refractivity contribution in [1.29, 1.82) is 0 Å². The molecule has 92 valence electrons. The Hall–Kier alpha value is -1.55. The van der Waals surface area contributed by atoms with E-state index < -0.39 is 0 Å². The number of nitrogen functional groups attached to an aromatic ring is 1. The number of carbonyl (C=O) groups excluding carboxylic acids is 1. The SMILES string of the molecule is Cc1cc(C)c(C(=O)N2CCCCO2)cc1N. The molecule has 2 N–H and O–H groups in total. The van der Waals surface area contributed by atoms with Crippen LogP contribution in [0.3, 0.4) is 0 Å². The lowest BCUT2D eigenvalue weighted by Gasteiger charge is -2.26. The molecule has 0 aromatic heterocycles. The van der Waals surface area contributed by atoms with Gasteiger partial charge in [-0.1, -0.05) is 6.07 Å². The molecule has 1 aromatic rings. The number of amides is 1. The van der Waals surface area contributed by atoms with Gasteiger partial charge in [0, 0.05) is 17.8 Å². The lowest BCUT2D eigenvalue weighted by Crippen LogP contribution is -2.36. The van der Waals surface area contributed by atoms with Gasteiger partial charge in [0.2, 0.25) is 0 Å². The Balaban J connectivity index is 2.26. The maximum atomic E-state index is 12.2. The van der Waals surface area contributed by atoms with Crippen LogP contribution in [0.25, 0.3) is 0 Å². The van der Waals surface area contributed by atoms with Crippen LogP contribution in [0.4, 0.5) is 5.69 Å². The smallest absolute Gasteiger partial charge is 0.277 e. The summed E-state index contributed by atoms with van der Waals surface area (Å²) in [5, 5.41) is 1.45. The lowest BCUT2D eigenvalue weighted by molar-refractivity contribution is -0.144. The zero-order chi connectivity index (χ0) is 12.4. The van der Waals surface area contributed by atoms with Crippen LogP contribution < -0.4 is 5.73 Å². The number of nitrogens with two attached hydrogens (primary N) is 1. The standard InChI is InChI=1S/C13H18N2O2/c1-9-7-10(2)12(14)8-11(9)13(16)15-5-3-4-6-17-15/h7-8H,3-6,14H2,1-2H3. The summed E-state index contributed by atoms with van der Waals surface area (Å²) in [6.45, 7) is 5.13. The molecule has 1 aliphatic rings. The minimum absolute atomic E-state index is 0.0890. The number of hydrogen-bond donors (Lipinski definition) is 1. The van der Waals surface area contributed by atoms with Crippen LogP contribution in [0, 0.1) is 13.8 Å².